The number of nitrogens with zero attached hydrogens (tertiary/aromatic N) is 5. The smallest absolute Gasteiger partial charge is 0.416 e. The Hall–Kier alpha value is -5.18. The van der Waals surface area contributed by atoms with Gasteiger partial charge in [-0.25, -0.2) is 23.8 Å². The van der Waals surface area contributed by atoms with Crippen molar-refractivity contribution in [1.29, 1.82) is 5.26 Å². The van der Waals surface area contributed by atoms with E-state index in [0.717, 1.165) is 18.6 Å². The number of ether oxygens (including phenoxy) is 1. The van der Waals surface area contributed by atoms with Crippen molar-refractivity contribution in [1.82, 2.24) is 14.8 Å². The number of methoxy groups -OCH3 is 1. The fraction of sp³-hybridized carbons (Fsp3) is 0.258. The van der Waals surface area contributed by atoms with Crippen molar-refractivity contribution in [3.05, 3.63) is 117 Å². The lowest BCUT2D eigenvalue weighted by Crippen LogP contribution is -2.38. The largest absolute Gasteiger partial charge is 0.466 e. The van der Waals surface area contributed by atoms with Crippen LogP contribution in [0, 0.1) is 11.3 Å². The Bertz CT molecular complexity index is 1820. The van der Waals surface area contributed by atoms with E-state index in [1.165, 1.54) is 34.3 Å². The lowest BCUT2D eigenvalue weighted by Gasteiger charge is -2.36. The predicted octanol–water partition coefficient (Wildman–Crippen LogP) is 4.74. The molecule has 12 heteroatoms. The number of pyridine rings is 1. The minimum atomic E-state index is -4.62. The first-order valence-electron chi connectivity index (χ1n) is 13.5. The minimum absolute atomic E-state index is 0.000633. The maximum Gasteiger partial charge on any atom is 0.416 e. The van der Waals surface area contributed by atoms with Crippen LogP contribution in [0.3, 0.4) is 0 Å². The van der Waals surface area contributed by atoms with E-state index in [2.05, 4.69) is 23.2 Å². The van der Waals surface area contributed by atoms with Gasteiger partial charge >= 0.3 is 17.8 Å². The summed E-state index contributed by atoms with van der Waals surface area (Å²) in [4.78, 5) is 28.0. The van der Waals surface area contributed by atoms with Gasteiger partial charge in [0, 0.05) is 29.9 Å². The number of hydrogen-bond acceptors (Lipinski definition) is 6. The maximum atomic E-state index is 13.6. The Morgan fingerprint density at radius 2 is 1.91 bits per heavy atom. The Labute approximate surface area is 245 Å². The summed E-state index contributed by atoms with van der Waals surface area (Å²) >= 11 is 0. The van der Waals surface area contributed by atoms with Crippen LogP contribution < -0.4 is 15.2 Å². The van der Waals surface area contributed by atoms with Gasteiger partial charge in [-0.1, -0.05) is 19.1 Å². The number of esters is 1. The van der Waals surface area contributed by atoms with Crippen LogP contribution in [0.1, 0.15) is 47.7 Å². The number of aromatic amines is 1. The lowest BCUT2D eigenvalue weighted by atomic mass is 9.89. The van der Waals surface area contributed by atoms with Crippen LogP contribution >= 0.6 is 0 Å². The quantitative estimate of drug-likeness (QED) is 0.247. The second-order valence-corrected chi connectivity index (χ2v) is 10.0. The first kappa shape index (κ1) is 29.3. The number of halogens is 3. The summed E-state index contributed by atoms with van der Waals surface area (Å²) in [6.07, 6.45) is 0.655. The Morgan fingerprint density at radius 1 is 1.16 bits per heavy atom. The van der Waals surface area contributed by atoms with Crippen molar-refractivity contribution in [2.75, 3.05) is 12.0 Å². The average Bonchev–Trinajstić information content (AvgIpc) is 3.39. The van der Waals surface area contributed by atoms with Gasteiger partial charge in [0.25, 0.3) is 0 Å². The molecule has 0 saturated heterocycles. The van der Waals surface area contributed by atoms with Crippen LogP contribution in [-0.4, -0.2) is 27.8 Å². The van der Waals surface area contributed by atoms with Gasteiger partial charge in [0.15, 0.2) is 18.9 Å². The van der Waals surface area contributed by atoms with Crippen LogP contribution in [-0.2, 0) is 35.1 Å². The van der Waals surface area contributed by atoms with Crippen LogP contribution in [0.5, 0.6) is 0 Å². The number of aryl methyl sites for hydroxylation is 3. The van der Waals surface area contributed by atoms with Gasteiger partial charge in [-0.15, -0.1) is 5.10 Å². The number of carbonyl (C=O) groups is 1. The average molecular weight is 590 g/mol. The van der Waals surface area contributed by atoms with Gasteiger partial charge in [0.1, 0.15) is 6.04 Å². The predicted molar refractivity (Wildman–Crippen MR) is 150 cm³/mol. The van der Waals surface area contributed by atoms with E-state index in [9.17, 15) is 28.0 Å². The molecular weight excluding hydrogens is 561 g/mol. The Balaban J connectivity index is 1.68. The van der Waals surface area contributed by atoms with Crippen LogP contribution in [0.15, 0.2) is 83.1 Å². The molecule has 5 rings (SSSR count). The van der Waals surface area contributed by atoms with E-state index in [1.807, 2.05) is 29.1 Å². The van der Waals surface area contributed by atoms with Crippen molar-refractivity contribution in [2.24, 2.45) is 0 Å². The summed E-state index contributed by atoms with van der Waals surface area (Å²) in [5, 5.41) is 16.2. The second kappa shape index (κ2) is 11.6. The number of hydrogen-bond donors (Lipinski definition) is 1. The number of alkyl halides is 3. The van der Waals surface area contributed by atoms with Gasteiger partial charge in [0.2, 0.25) is 5.95 Å². The molecule has 0 aliphatic carbocycles. The standard InChI is InChI=1S/C31H27F3N6O3/c1-4-20-10-13-38(14-11-20)15-12-22-16-21(18-35)8-9-25(22)27-26(28(41)43-3)19(2)39(29-36-37-30(42)40(27)29)24-7-5-6-23(17-24)31(32,33)34/h5-11,13-14,16-17,27H,4,12,15H2,1-3H3/p+1/t27-/m1/s1. The number of H-pyrrole nitrogens is 1. The highest BCUT2D eigenvalue weighted by Crippen LogP contribution is 2.43. The molecule has 2 aromatic carbocycles. The molecule has 4 aromatic rings. The second-order valence-electron chi connectivity index (χ2n) is 10.0. The highest BCUT2D eigenvalue weighted by Gasteiger charge is 2.41. The van der Waals surface area contributed by atoms with Crippen molar-refractivity contribution < 1.29 is 27.3 Å². The number of nitrogens with one attached hydrogen (secondary N) is 1. The highest BCUT2D eigenvalue weighted by molar-refractivity contribution is 5.93. The first-order valence-corrected chi connectivity index (χ1v) is 13.5. The maximum absolute atomic E-state index is 13.6. The van der Waals surface area contributed by atoms with Crippen LogP contribution in [0.25, 0.3) is 0 Å². The minimum Gasteiger partial charge on any atom is -0.466 e. The summed E-state index contributed by atoms with van der Waals surface area (Å²) in [6, 6.07) is 14.7. The topological polar surface area (TPSA) is 108 Å². The first-order chi connectivity index (χ1) is 20.6. The van der Waals surface area contributed by atoms with E-state index >= 15 is 0 Å². The monoisotopic (exact) mass is 589 g/mol. The summed E-state index contributed by atoms with van der Waals surface area (Å²) in [7, 11) is 1.19. The molecule has 1 N–H and O–H groups in total. The molecule has 0 fully saturated rings. The van der Waals surface area contributed by atoms with Crippen LogP contribution in [0.2, 0.25) is 0 Å². The molecule has 9 nitrogen and oxygen atoms in total. The van der Waals surface area contributed by atoms with E-state index in [1.54, 1.807) is 25.1 Å². The normalized spacial score (nSPS) is 14.8. The van der Waals surface area contributed by atoms with Gasteiger partial charge < -0.3 is 4.74 Å². The van der Waals surface area contributed by atoms with Crippen molar-refractivity contribution in [2.45, 2.75) is 45.5 Å². The highest BCUT2D eigenvalue weighted by atomic mass is 19.4. The molecule has 2 aromatic heterocycles. The van der Waals surface area contributed by atoms with Crippen LogP contribution in [0.4, 0.5) is 24.8 Å². The Morgan fingerprint density at radius 3 is 2.56 bits per heavy atom. The molecule has 3 heterocycles. The van der Waals surface area contributed by atoms with E-state index < -0.39 is 29.4 Å². The number of fused-ring (bicyclic) bond motifs is 1. The molecule has 43 heavy (non-hydrogen) atoms. The van der Waals surface area contributed by atoms with Gasteiger partial charge in [-0.3, -0.25) is 4.90 Å². The molecular formula is C31H28F3N6O3+. The number of aromatic nitrogens is 4. The van der Waals surface area contributed by atoms with E-state index in [0.29, 0.717) is 29.7 Å². The summed E-state index contributed by atoms with van der Waals surface area (Å²) in [6.45, 7) is 4.17. The van der Waals surface area contributed by atoms with Gasteiger partial charge in [-0.05, 0) is 60.4 Å². The SMILES string of the molecule is CCc1cc[n+](CCc2cc(C#N)ccc2[C@@H]2C(C(=O)OC)=C(C)N(c3cccc(C(F)(F)F)c3)c3n[nH]c(=O)n32)cc1. The number of benzene rings is 2. The zero-order chi connectivity index (χ0) is 30.9. The molecule has 0 bridgehead atoms. The molecule has 1 atom stereocenters. The summed E-state index contributed by atoms with van der Waals surface area (Å²) in [5.74, 6) is -0.766. The molecule has 1 aliphatic rings. The summed E-state index contributed by atoms with van der Waals surface area (Å²) in [5.41, 5.74) is 1.60. The van der Waals surface area contributed by atoms with Crippen molar-refractivity contribution >= 4 is 17.6 Å². The molecule has 1 aliphatic heterocycles. The molecule has 0 radical (unpaired) electrons. The number of anilines is 2. The van der Waals surface area contributed by atoms with Crippen molar-refractivity contribution in [3.63, 3.8) is 0 Å². The number of carbonyl (C=O) groups excluding carboxylic acids is 1. The molecule has 0 unspecified atom stereocenters. The molecule has 220 valence electrons. The fourth-order valence-electron chi connectivity index (χ4n) is 5.36. The summed E-state index contributed by atoms with van der Waals surface area (Å²) < 4.78 is 49.2. The van der Waals surface area contributed by atoms with E-state index in [4.69, 9.17) is 4.74 Å². The molecule has 0 saturated carbocycles. The third kappa shape index (κ3) is 5.53. The zero-order valence-corrected chi connectivity index (χ0v) is 23.6. The molecule has 0 spiro atoms. The molecule has 0 amide bonds. The zero-order valence-electron chi connectivity index (χ0n) is 23.6. The van der Waals surface area contributed by atoms with Gasteiger partial charge in [-0.2, -0.15) is 18.4 Å². The third-order valence-corrected chi connectivity index (χ3v) is 7.55. The van der Waals surface area contributed by atoms with Crippen molar-refractivity contribution in [3.8, 4) is 6.07 Å². The van der Waals surface area contributed by atoms with Gasteiger partial charge in [0.05, 0.1) is 29.9 Å². The number of rotatable bonds is 7. The third-order valence-electron chi connectivity index (χ3n) is 7.55. The number of nitriles is 1. The fourth-order valence-corrected chi connectivity index (χ4v) is 5.36. The lowest BCUT2D eigenvalue weighted by molar-refractivity contribution is -0.696. The van der Waals surface area contributed by atoms with E-state index in [-0.39, 0.29) is 22.9 Å². The number of allylic oxidation sites excluding steroid dienone is 1. The Kier molecular flexibility index (Phi) is 7.91.